The Hall–Kier alpha value is -2.76. The van der Waals surface area contributed by atoms with Crippen LogP contribution in [-0.4, -0.2) is 24.1 Å². The van der Waals surface area contributed by atoms with Gasteiger partial charge in [-0.25, -0.2) is 4.79 Å². The van der Waals surface area contributed by atoms with Gasteiger partial charge in [0.2, 0.25) is 0 Å². The van der Waals surface area contributed by atoms with Gasteiger partial charge in [0.1, 0.15) is 6.61 Å². The van der Waals surface area contributed by atoms with Gasteiger partial charge in [0.15, 0.2) is 0 Å². The molecule has 0 bridgehead atoms. The van der Waals surface area contributed by atoms with E-state index < -0.39 is 5.97 Å². The van der Waals surface area contributed by atoms with Crippen molar-refractivity contribution in [2.75, 3.05) is 11.9 Å². The fourth-order valence-corrected chi connectivity index (χ4v) is 5.42. The van der Waals surface area contributed by atoms with Gasteiger partial charge in [0, 0.05) is 5.38 Å². The largest absolute Gasteiger partial charge is 0.459 e. The minimum absolute atomic E-state index is 0.0808. The number of rotatable bonds is 6. The van der Waals surface area contributed by atoms with E-state index in [0.29, 0.717) is 39.8 Å². The van der Waals surface area contributed by atoms with Crippen LogP contribution < -0.4 is 5.32 Å². The number of carbonyl (C=O) groups is 1. The summed E-state index contributed by atoms with van der Waals surface area (Å²) in [7, 11) is 0. The van der Waals surface area contributed by atoms with Gasteiger partial charge < -0.3 is 14.8 Å². The lowest BCUT2D eigenvalue weighted by atomic mass is 9.94. The number of hydrogen-bond acceptors (Lipinski definition) is 4. The van der Waals surface area contributed by atoms with Gasteiger partial charge in [-0.3, -0.25) is 0 Å². The predicted molar refractivity (Wildman–Crippen MR) is 147 cm³/mol. The summed E-state index contributed by atoms with van der Waals surface area (Å²) in [5.41, 5.74) is 2.55. The van der Waals surface area contributed by atoms with Gasteiger partial charge in [-0.15, -0.1) is 11.6 Å². The number of anilines is 2. The number of fused-ring (bicyclic) bond motifs is 1. The van der Waals surface area contributed by atoms with Gasteiger partial charge in [-0.05, 0) is 53.4 Å². The Morgan fingerprint density at radius 1 is 0.889 bits per heavy atom. The molecule has 1 heterocycles. The second-order valence-corrected chi connectivity index (χ2v) is 10.2. The lowest BCUT2D eigenvalue weighted by molar-refractivity contribution is -0.0762. The van der Waals surface area contributed by atoms with Crippen LogP contribution >= 0.6 is 34.8 Å². The molecule has 0 aromatic heterocycles. The van der Waals surface area contributed by atoms with Crippen LogP contribution in [0.1, 0.15) is 34.9 Å². The Labute approximate surface area is 225 Å². The number of ether oxygens (including phenoxy) is 2. The van der Waals surface area contributed by atoms with E-state index in [0.717, 1.165) is 16.3 Å². The Kier molecular flexibility index (Phi) is 7.68. The molecule has 36 heavy (non-hydrogen) atoms. The minimum atomic E-state index is -0.469. The fourth-order valence-electron chi connectivity index (χ4n) is 4.56. The fraction of sp³-hybridized carbons (Fsp3) is 0.207. The summed E-state index contributed by atoms with van der Waals surface area (Å²) in [6, 6.07) is 26.7. The van der Waals surface area contributed by atoms with Crippen molar-refractivity contribution in [3.05, 3.63) is 106 Å². The van der Waals surface area contributed by atoms with Crippen molar-refractivity contribution in [3.63, 3.8) is 0 Å². The van der Waals surface area contributed by atoms with Crippen LogP contribution in [-0.2, 0) is 9.47 Å². The quantitative estimate of drug-likeness (QED) is 0.196. The standard InChI is InChI=1S/C29H24Cl3NO3/c30-19-15-20(36-27(16-19)22-11-5-8-18-7-1-2-9-21(18)22)17-35-29(34)23-10-3-4-14-26(23)33-28-24(31)12-6-13-25(28)32/h1-14,19-20,27,33H,15-17H2/t19-,20-,27+/m0/s1. The number of benzene rings is 4. The highest BCUT2D eigenvalue weighted by atomic mass is 35.5. The first-order valence-electron chi connectivity index (χ1n) is 11.7. The highest BCUT2D eigenvalue weighted by Gasteiger charge is 2.31. The molecule has 0 spiro atoms. The smallest absolute Gasteiger partial charge is 0.340 e. The normalized spacial score (nSPS) is 19.7. The highest BCUT2D eigenvalue weighted by Crippen LogP contribution is 2.38. The van der Waals surface area contributed by atoms with E-state index in [1.54, 1.807) is 36.4 Å². The number of nitrogens with one attached hydrogen (secondary N) is 1. The number of esters is 1. The van der Waals surface area contributed by atoms with Crippen LogP contribution in [0.25, 0.3) is 10.8 Å². The molecule has 1 saturated heterocycles. The maximum absolute atomic E-state index is 13.1. The van der Waals surface area contributed by atoms with Crippen LogP contribution in [0.5, 0.6) is 0 Å². The van der Waals surface area contributed by atoms with Crippen molar-refractivity contribution < 1.29 is 14.3 Å². The summed E-state index contributed by atoms with van der Waals surface area (Å²) in [5.74, 6) is -0.469. The van der Waals surface area contributed by atoms with E-state index in [-0.39, 0.29) is 24.2 Å². The zero-order valence-electron chi connectivity index (χ0n) is 19.3. The van der Waals surface area contributed by atoms with Gasteiger partial charge >= 0.3 is 5.97 Å². The third-order valence-corrected chi connectivity index (χ3v) is 7.27. The summed E-state index contributed by atoms with van der Waals surface area (Å²) in [6.07, 6.45) is 0.816. The number of carbonyl (C=O) groups excluding carboxylic acids is 1. The average Bonchev–Trinajstić information content (AvgIpc) is 2.89. The van der Waals surface area contributed by atoms with Crippen LogP contribution in [0.2, 0.25) is 10.0 Å². The lowest BCUT2D eigenvalue weighted by Crippen LogP contribution is -2.33. The molecular formula is C29H24Cl3NO3. The van der Waals surface area contributed by atoms with Crippen molar-refractivity contribution in [2.24, 2.45) is 0 Å². The van der Waals surface area contributed by atoms with Gasteiger partial charge in [0.05, 0.1) is 39.2 Å². The number of para-hydroxylation sites is 2. The molecule has 5 rings (SSSR count). The van der Waals surface area contributed by atoms with E-state index in [9.17, 15) is 4.79 Å². The average molecular weight is 541 g/mol. The summed E-state index contributed by atoms with van der Waals surface area (Å²) in [6.45, 7) is 0.102. The molecule has 184 valence electrons. The molecule has 4 aromatic rings. The highest BCUT2D eigenvalue weighted by molar-refractivity contribution is 6.39. The summed E-state index contributed by atoms with van der Waals surface area (Å²) in [5, 5.41) is 6.29. The van der Waals surface area contributed by atoms with E-state index in [1.807, 2.05) is 24.3 Å². The molecule has 1 N–H and O–H groups in total. The van der Waals surface area contributed by atoms with Crippen LogP contribution in [0.15, 0.2) is 84.9 Å². The first-order valence-corrected chi connectivity index (χ1v) is 12.9. The molecule has 0 aliphatic carbocycles. The van der Waals surface area contributed by atoms with Crippen molar-refractivity contribution in [1.29, 1.82) is 0 Å². The zero-order chi connectivity index (χ0) is 25.1. The number of halogens is 3. The molecule has 1 aliphatic rings. The number of alkyl halides is 1. The Morgan fingerprint density at radius 2 is 1.58 bits per heavy atom. The maximum Gasteiger partial charge on any atom is 0.340 e. The van der Waals surface area contributed by atoms with Gasteiger partial charge in [-0.1, -0.05) is 83.9 Å². The number of hydrogen-bond donors (Lipinski definition) is 1. The first-order chi connectivity index (χ1) is 17.5. The minimum Gasteiger partial charge on any atom is -0.459 e. The van der Waals surface area contributed by atoms with Gasteiger partial charge in [0.25, 0.3) is 0 Å². The molecule has 1 aliphatic heterocycles. The first kappa shape index (κ1) is 24.9. The predicted octanol–water partition coefficient (Wildman–Crippen LogP) is 8.57. The molecular weight excluding hydrogens is 517 g/mol. The molecule has 0 amide bonds. The van der Waals surface area contributed by atoms with E-state index >= 15 is 0 Å². The molecule has 0 radical (unpaired) electrons. The third-order valence-electron chi connectivity index (χ3n) is 6.29. The topological polar surface area (TPSA) is 47.6 Å². The Balaban J connectivity index is 1.29. The van der Waals surface area contributed by atoms with E-state index in [2.05, 4.69) is 29.6 Å². The lowest BCUT2D eigenvalue weighted by Gasteiger charge is -2.33. The van der Waals surface area contributed by atoms with Crippen LogP contribution in [0, 0.1) is 0 Å². The Bertz CT molecular complexity index is 1370. The van der Waals surface area contributed by atoms with Gasteiger partial charge in [-0.2, -0.15) is 0 Å². The molecule has 4 nitrogen and oxygen atoms in total. The molecule has 7 heteroatoms. The second-order valence-electron chi connectivity index (χ2n) is 8.75. The molecule has 3 atom stereocenters. The summed E-state index contributed by atoms with van der Waals surface area (Å²) < 4.78 is 12.1. The van der Waals surface area contributed by atoms with Crippen LogP contribution in [0.4, 0.5) is 11.4 Å². The Morgan fingerprint density at radius 3 is 2.42 bits per heavy atom. The molecule has 1 fully saturated rings. The maximum atomic E-state index is 13.1. The van der Waals surface area contributed by atoms with E-state index in [4.69, 9.17) is 44.3 Å². The van der Waals surface area contributed by atoms with Crippen LogP contribution in [0.3, 0.4) is 0 Å². The zero-order valence-corrected chi connectivity index (χ0v) is 21.6. The molecule has 0 saturated carbocycles. The second kappa shape index (κ2) is 11.1. The van der Waals surface area contributed by atoms with Crippen molar-refractivity contribution in [2.45, 2.75) is 30.4 Å². The molecule has 4 aromatic carbocycles. The monoisotopic (exact) mass is 539 g/mol. The summed E-state index contributed by atoms with van der Waals surface area (Å²) in [4.78, 5) is 13.1. The SMILES string of the molecule is O=C(OC[C@@H]1C[C@H](Cl)C[C@H](c2cccc3ccccc23)O1)c1ccccc1Nc1c(Cl)cccc1Cl. The molecule has 0 unspecified atom stereocenters. The van der Waals surface area contributed by atoms with Crippen molar-refractivity contribution in [3.8, 4) is 0 Å². The third kappa shape index (κ3) is 5.47. The van der Waals surface area contributed by atoms with Crippen molar-refractivity contribution in [1.82, 2.24) is 0 Å². The summed E-state index contributed by atoms with van der Waals surface area (Å²) >= 11 is 19.2. The van der Waals surface area contributed by atoms with Crippen molar-refractivity contribution >= 4 is 62.9 Å². The van der Waals surface area contributed by atoms with E-state index in [1.165, 1.54) is 0 Å².